The molecule has 0 aromatic carbocycles. The van der Waals surface area contributed by atoms with Crippen LogP contribution in [0.15, 0.2) is 0 Å². The Hall–Kier alpha value is 0.0774. The number of terminal acetylenes is 1. The largest absolute Gasteiger partial charge is 1.00 e. The maximum atomic E-state index is 6.26. The molecular formula is C4H7LiN2-2. The summed E-state index contributed by atoms with van der Waals surface area (Å²) in [7, 11) is 0. The Morgan fingerprint density at radius 2 is 1.29 bits per heavy atom. The van der Waals surface area contributed by atoms with Crippen molar-refractivity contribution in [3.05, 3.63) is 17.9 Å². The maximum Gasteiger partial charge on any atom is 1.00 e. The average molecular weight is 90.1 g/mol. The quantitative estimate of drug-likeness (QED) is 0.209. The summed E-state index contributed by atoms with van der Waals surface area (Å²) < 4.78 is 0. The molecule has 7 heavy (non-hydrogen) atoms. The van der Waals surface area contributed by atoms with E-state index < -0.39 is 0 Å². The van der Waals surface area contributed by atoms with Gasteiger partial charge in [-0.1, -0.05) is 0 Å². The van der Waals surface area contributed by atoms with Crippen LogP contribution < -0.4 is 18.9 Å². The summed E-state index contributed by atoms with van der Waals surface area (Å²) in [5, 5.41) is 0. The summed E-state index contributed by atoms with van der Waals surface area (Å²) in [6.07, 6.45) is 9.00. The predicted octanol–water partition coefficient (Wildman–Crippen LogP) is -1.70. The van der Waals surface area contributed by atoms with Crippen LogP contribution in [0.5, 0.6) is 0 Å². The van der Waals surface area contributed by atoms with E-state index in [-0.39, 0.29) is 32.0 Å². The minimum Gasteiger partial charge on any atom is -0.697 e. The van der Waals surface area contributed by atoms with E-state index in [2.05, 4.69) is 6.42 Å². The first-order valence-electron chi connectivity index (χ1n) is 1.50. The first kappa shape index (κ1) is 15.7. The van der Waals surface area contributed by atoms with Gasteiger partial charge in [0.25, 0.3) is 0 Å². The van der Waals surface area contributed by atoms with Crippen molar-refractivity contribution >= 4 is 0 Å². The van der Waals surface area contributed by atoms with Crippen LogP contribution in [0, 0.1) is 12.8 Å². The van der Waals surface area contributed by atoms with Crippen LogP contribution in [0.3, 0.4) is 0 Å². The van der Waals surface area contributed by atoms with Gasteiger partial charge in [-0.15, -0.1) is 0 Å². The van der Waals surface area contributed by atoms with Gasteiger partial charge < -0.3 is 24.3 Å². The molecule has 0 aliphatic heterocycles. The van der Waals surface area contributed by atoms with Gasteiger partial charge in [-0.3, -0.25) is 0 Å². The normalized spacial score (nSPS) is 4.57. The summed E-state index contributed by atoms with van der Waals surface area (Å²) in [5.74, 6) is 0. The molecule has 0 radical (unpaired) electrons. The van der Waals surface area contributed by atoms with Gasteiger partial charge in [0, 0.05) is 0 Å². The molecular weight excluding hydrogens is 83.0 g/mol. The van der Waals surface area contributed by atoms with Crippen molar-refractivity contribution in [2.75, 3.05) is 13.1 Å². The summed E-state index contributed by atoms with van der Waals surface area (Å²) in [5.41, 5.74) is 12.5. The van der Waals surface area contributed by atoms with Crippen molar-refractivity contribution in [1.82, 2.24) is 0 Å². The SMILES string of the molecule is [C-]#C.[Li+].[NH-]CC[NH-]. The molecule has 36 valence electrons. The third kappa shape index (κ3) is 87.0. The van der Waals surface area contributed by atoms with Crippen LogP contribution in [0.1, 0.15) is 0 Å². The predicted molar refractivity (Wildman–Crippen MR) is 26.6 cm³/mol. The number of rotatable bonds is 1. The molecule has 0 spiro atoms. The van der Waals surface area contributed by atoms with Gasteiger partial charge in [-0.25, -0.2) is 0 Å². The van der Waals surface area contributed by atoms with Crippen molar-refractivity contribution in [1.29, 1.82) is 0 Å². The minimum atomic E-state index is 0. The van der Waals surface area contributed by atoms with E-state index >= 15 is 0 Å². The molecule has 0 fully saturated rings. The molecule has 0 saturated heterocycles. The molecule has 0 amide bonds. The maximum absolute atomic E-state index is 6.26. The van der Waals surface area contributed by atoms with Gasteiger partial charge in [0.15, 0.2) is 0 Å². The smallest absolute Gasteiger partial charge is 0.697 e. The first-order chi connectivity index (χ1) is 2.91. The van der Waals surface area contributed by atoms with Crippen molar-refractivity contribution < 1.29 is 18.9 Å². The molecule has 2 nitrogen and oxygen atoms in total. The van der Waals surface area contributed by atoms with Gasteiger partial charge in [-0.05, 0) is 0 Å². The Morgan fingerprint density at radius 3 is 1.29 bits per heavy atom. The van der Waals surface area contributed by atoms with Crippen LogP contribution >= 0.6 is 0 Å². The monoisotopic (exact) mass is 90.1 g/mol. The Labute approximate surface area is 56.8 Å². The summed E-state index contributed by atoms with van der Waals surface area (Å²) >= 11 is 0. The third-order valence-electron chi connectivity index (χ3n) is 0.125. The van der Waals surface area contributed by atoms with Gasteiger partial charge in [-0.2, -0.15) is 13.1 Å². The second-order valence-electron chi connectivity index (χ2n) is 0.500. The molecule has 0 aliphatic rings. The summed E-state index contributed by atoms with van der Waals surface area (Å²) in [4.78, 5) is 0. The Morgan fingerprint density at radius 1 is 1.14 bits per heavy atom. The van der Waals surface area contributed by atoms with E-state index in [9.17, 15) is 0 Å². The van der Waals surface area contributed by atoms with Gasteiger partial charge in [0.2, 0.25) is 0 Å². The third-order valence-corrected chi connectivity index (χ3v) is 0.125. The zero-order valence-electron chi connectivity index (χ0n) is 4.49. The van der Waals surface area contributed by atoms with Crippen LogP contribution in [0.4, 0.5) is 0 Å². The fourth-order valence-electron chi connectivity index (χ4n) is 0. The Balaban J connectivity index is -0.0000000480. The van der Waals surface area contributed by atoms with E-state index in [1.807, 2.05) is 0 Å². The fourth-order valence-corrected chi connectivity index (χ4v) is 0. The zero-order chi connectivity index (χ0) is 5.41. The fraction of sp³-hybridized carbons (Fsp3) is 0.500. The second-order valence-corrected chi connectivity index (χ2v) is 0.500. The van der Waals surface area contributed by atoms with Crippen molar-refractivity contribution in [3.8, 4) is 6.42 Å². The van der Waals surface area contributed by atoms with Gasteiger partial charge in [0.1, 0.15) is 0 Å². The number of hydrogen-bond acceptors (Lipinski definition) is 0. The molecule has 0 heterocycles. The molecule has 3 heteroatoms. The Bertz CT molecular complexity index is 26.1. The van der Waals surface area contributed by atoms with E-state index in [0.717, 1.165) is 0 Å². The molecule has 0 aliphatic carbocycles. The molecule has 0 unspecified atom stereocenters. The van der Waals surface area contributed by atoms with E-state index in [1.54, 1.807) is 0 Å². The van der Waals surface area contributed by atoms with E-state index in [4.69, 9.17) is 17.9 Å². The minimum absolute atomic E-state index is 0. The van der Waals surface area contributed by atoms with Gasteiger partial charge >= 0.3 is 18.9 Å². The summed E-state index contributed by atoms with van der Waals surface area (Å²) in [6, 6.07) is 0. The van der Waals surface area contributed by atoms with E-state index in [1.165, 1.54) is 0 Å². The molecule has 0 atom stereocenters. The molecule has 0 saturated carbocycles. The van der Waals surface area contributed by atoms with Crippen molar-refractivity contribution in [3.63, 3.8) is 0 Å². The standard InChI is InChI=1S/C2H6N2.C2H.Li/c3-1-2-4;1-2;/h3-4H,1-2H2;1H;/q-2;-1;+1. The average Bonchev–Trinajstić information content (AvgIpc) is 1.72. The van der Waals surface area contributed by atoms with Crippen LogP contribution in [-0.4, -0.2) is 13.1 Å². The molecule has 0 aromatic heterocycles. The molecule has 2 N–H and O–H groups in total. The van der Waals surface area contributed by atoms with Crippen molar-refractivity contribution in [2.45, 2.75) is 0 Å². The first-order valence-corrected chi connectivity index (χ1v) is 1.50. The topological polar surface area (TPSA) is 47.6 Å². The van der Waals surface area contributed by atoms with Crippen molar-refractivity contribution in [2.24, 2.45) is 0 Å². The van der Waals surface area contributed by atoms with Crippen LogP contribution in [0.25, 0.3) is 11.5 Å². The zero-order valence-corrected chi connectivity index (χ0v) is 4.49. The Kier molecular flexibility index (Phi) is 81.5. The number of nitrogens with one attached hydrogen (secondary N) is 2. The van der Waals surface area contributed by atoms with E-state index in [0.29, 0.717) is 0 Å². The summed E-state index contributed by atoms with van der Waals surface area (Å²) in [6.45, 7) is 0.472. The molecule has 0 bridgehead atoms. The van der Waals surface area contributed by atoms with Crippen LogP contribution in [0.2, 0.25) is 0 Å². The van der Waals surface area contributed by atoms with Gasteiger partial charge in [0.05, 0.1) is 0 Å². The second kappa shape index (κ2) is 36.3. The number of hydrogen-bond donors (Lipinski definition) is 0. The molecule has 0 aromatic rings. The van der Waals surface area contributed by atoms with Crippen LogP contribution in [-0.2, 0) is 0 Å². The molecule has 0 rings (SSSR count).